The number of benzene rings is 1. The number of halogens is 2. The second-order valence-electron chi connectivity index (χ2n) is 2.55. The SMILES string of the molecule is COc1ccc(S(=O)(=O)Cl)c(F)c1C=O. The zero-order valence-electron chi connectivity index (χ0n) is 7.53. The largest absolute Gasteiger partial charge is 0.496 e. The molecule has 0 N–H and O–H groups in total. The van der Waals surface area contributed by atoms with Gasteiger partial charge in [0.05, 0.1) is 12.7 Å². The van der Waals surface area contributed by atoms with Gasteiger partial charge in [0.1, 0.15) is 10.6 Å². The Morgan fingerprint density at radius 3 is 2.47 bits per heavy atom. The van der Waals surface area contributed by atoms with Gasteiger partial charge in [0.15, 0.2) is 12.1 Å². The van der Waals surface area contributed by atoms with Crippen molar-refractivity contribution in [3.8, 4) is 5.75 Å². The smallest absolute Gasteiger partial charge is 0.264 e. The molecule has 7 heteroatoms. The third kappa shape index (κ3) is 2.27. The van der Waals surface area contributed by atoms with E-state index in [1.807, 2.05) is 0 Å². The van der Waals surface area contributed by atoms with Crippen molar-refractivity contribution in [1.82, 2.24) is 0 Å². The van der Waals surface area contributed by atoms with Gasteiger partial charge in [0.2, 0.25) is 0 Å². The van der Waals surface area contributed by atoms with Crippen LogP contribution in [-0.2, 0) is 9.05 Å². The molecule has 1 aromatic carbocycles. The van der Waals surface area contributed by atoms with Crippen LogP contribution in [0.15, 0.2) is 17.0 Å². The Labute approximate surface area is 90.0 Å². The van der Waals surface area contributed by atoms with Crippen molar-refractivity contribution in [2.24, 2.45) is 0 Å². The van der Waals surface area contributed by atoms with Gasteiger partial charge in [-0.15, -0.1) is 0 Å². The van der Waals surface area contributed by atoms with Crippen LogP contribution >= 0.6 is 10.7 Å². The first-order valence-corrected chi connectivity index (χ1v) is 5.99. The predicted octanol–water partition coefficient (Wildman–Crippen LogP) is 1.57. The van der Waals surface area contributed by atoms with Gasteiger partial charge in [-0.25, -0.2) is 12.8 Å². The van der Waals surface area contributed by atoms with E-state index in [2.05, 4.69) is 4.74 Å². The molecule has 0 heterocycles. The number of carbonyl (C=O) groups excluding carboxylic acids is 1. The fourth-order valence-corrected chi connectivity index (χ4v) is 1.94. The highest BCUT2D eigenvalue weighted by molar-refractivity contribution is 8.13. The summed E-state index contributed by atoms with van der Waals surface area (Å²) >= 11 is 0. The van der Waals surface area contributed by atoms with E-state index >= 15 is 0 Å². The van der Waals surface area contributed by atoms with Gasteiger partial charge in [-0.2, -0.15) is 0 Å². The second-order valence-corrected chi connectivity index (χ2v) is 5.08. The average Bonchev–Trinajstić information content (AvgIpc) is 2.15. The Hall–Kier alpha value is -1.14. The molecule has 0 aliphatic rings. The summed E-state index contributed by atoms with van der Waals surface area (Å²) < 4.78 is 39.9. The van der Waals surface area contributed by atoms with Crippen LogP contribution in [0.5, 0.6) is 5.75 Å². The third-order valence-electron chi connectivity index (χ3n) is 1.70. The van der Waals surface area contributed by atoms with Crippen LogP contribution in [0.25, 0.3) is 0 Å². The van der Waals surface area contributed by atoms with E-state index in [-0.39, 0.29) is 12.0 Å². The van der Waals surface area contributed by atoms with Crippen molar-refractivity contribution < 1.29 is 22.3 Å². The molecular formula is C8H6ClFO4S. The van der Waals surface area contributed by atoms with E-state index in [0.717, 1.165) is 12.1 Å². The summed E-state index contributed by atoms with van der Waals surface area (Å²) in [5, 5.41) is 0. The van der Waals surface area contributed by atoms with Crippen LogP contribution < -0.4 is 4.74 Å². The van der Waals surface area contributed by atoms with E-state index in [1.54, 1.807) is 0 Å². The molecule has 0 bridgehead atoms. The first-order valence-electron chi connectivity index (χ1n) is 3.68. The maximum atomic E-state index is 13.4. The standard InChI is InChI=1S/C8H6ClFO4S/c1-14-6-2-3-7(15(9,12)13)8(10)5(6)4-11/h2-4H,1H3. The Bertz CT molecular complexity index is 498. The number of hydrogen-bond donors (Lipinski definition) is 0. The fourth-order valence-electron chi connectivity index (χ4n) is 1.03. The molecule has 0 radical (unpaired) electrons. The van der Waals surface area contributed by atoms with Crippen LogP contribution in [0, 0.1) is 5.82 Å². The van der Waals surface area contributed by atoms with Gasteiger partial charge in [-0.05, 0) is 12.1 Å². The summed E-state index contributed by atoms with van der Waals surface area (Å²) in [6, 6.07) is 2.09. The summed E-state index contributed by atoms with van der Waals surface area (Å²) in [7, 11) is 1.99. The first-order chi connectivity index (χ1) is 6.91. The van der Waals surface area contributed by atoms with E-state index in [1.165, 1.54) is 7.11 Å². The fraction of sp³-hybridized carbons (Fsp3) is 0.125. The van der Waals surface area contributed by atoms with Crippen molar-refractivity contribution >= 4 is 26.0 Å². The molecular weight excluding hydrogens is 247 g/mol. The van der Waals surface area contributed by atoms with Crippen molar-refractivity contribution in [3.05, 3.63) is 23.5 Å². The van der Waals surface area contributed by atoms with E-state index in [9.17, 15) is 17.6 Å². The van der Waals surface area contributed by atoms with E-state index in [0.29, 0.717) is 0 Å². The van der Waals surface area contributed by atoms with E-state index in [4.69, 9.17) is 10.7 Å². The van der Waals surface area contributed by atoms with Crippen LogP contribution in [-0.4, -0.2) is 21.8 Å². The Balaban J connectivity index is 3.57. The number of hydrogen-bond acceptors (Lipinski definition) is 4. The van der Waals surface area contributed by atoms with Crippen molar-refractivity contribution in [2.75, 3.05) is 7.11 Å². The summed E-state index contributed by atoms with van der Waals surface area (Å²) in [5.74, 6) is -1.26. The minimum Gasteiger partial charge on any atom is -0.496 e. The molecule has 0 aliphatic heterocycles. The molecule has 0 saturated heterocycles. The summed E-state index contributed by atoms with van der Waals surface area (Å²) in [4.78, 5) is 9.78. The van der Waals surface area contributed by atoms with Crippen LogP contribution in [0.2, 0.25) is 0 Å². The quantitative estimate of drug-likeness (QED) is 0.605. The highest BCUT2D eigenvalue weighted by Gasteiger charge is 2.21. The molecule has 0 aliphatic carbocycles. The number of carbonyl (C=O) groups is 1. The Morgan fingerprint density at radius 1 is 1.47 bits per heavy atom. The lowest BCUT2D eigenvalue weighted by molar-refractivity contribution is 0.111. The van der Waals surface area contributed by atoms with Crippen molar-refractivity contribution in [2.45, 2.75) is 4.90 Å². The Kier molecular flexibility index (Phi) is 3.31. The minimum absolute atomic E-state index is 0.0495. The van der Waals surface area contributed by atoms with Crippen molar-refractivity contribution in [3.63, 3.8) is 0 Å². The number of aldehydes is 1. The number of methoxy groups -OCH3 is 1. The zero-order valence-corrected chi connectivity index (χ0v) is 9.10. The van der Waals surface area contributed by atoms with Gasteiger partial charge in [0, 0.05) is 10.7 Å². The molecule has 1 aromatic rings. The predicted molar refractivity (Wildman–Crippen MR) is 51.4 cm³/mol. The average molecular weight is 253 g/mol. The minimum atomic E-state index is -4.21. The summed E-state index contributed by atoms with van der Waals surface area (Å²) in [6.45, 7) is 0. The molecule has 0 spiro atoms. The molecule has 1 rings (SSSR count). The molecule has 0 atom stereocenters. The second kappa shape index (κ2) is 4.16. The maximum Gasteiger partial charge on any atom is 0.264 e. The lowest BCUT2D eigenvalue weighted by Gasteiger charge is -2.06. The van der Waals surface area contributed by atoms with Crippen LogP contribution in [0.4, 0.5) is 4.39 Å². The molecule has 0 saturated carbocycles. The molecule has 4 nitrogen and oxygen atoms in total. The van der Waals surface area contributed by atoms with Gasteiger partial charge in [-0.1, -0.05) is 0 Å². The molecule has 82 valence electrons. The molecule has 0 fully saturated rings. The number of ether oxygens (including phenoxy) is 1. The molecule has 0 unspecified atom stereocenters. The molecule has 0 aromatic heterocycles. The van der Waals surface area contributed by atoms with Gasteiger partial charge >= 0.3 is 0 Å². The summed E-state index contributed by atoms with van der Waals surface area (Å²) in [5.41, 5.74) is -0.473. The lowest BCUT2D eigenvalue weighted by Crippen LogP contribution is -2.02. The Morgan fingerprint density at radius 2 is 2.07 bits per heavy atom. The van der Waals surface area contributed by atoms with Gasteiger partial charge < -0.3 is 4.74 Å². The molecule has 15 heavy (non-hydrogen) atoms. The zero-order chi connectivity index (χ0) is 11.6. The van der Waals surface area contributed by atoms with Crippen molar-refractivity contribution in [1.29, 1.82) is 0 Å². The highest BCUT2D eigenvalue weighted by Crippen LogP contribution is 2.27. The molecule has 0 amide bonds. The van der Waals surface area contributed by atoms with E-state index < -0.39 is 25.3 Å². The van der Waals surface area contributed by atoms with Crippen LogP contribution in [0.1, 0.15) is 10.4 Å². The topological polar surface area (TPSA) is 60.4 Å². The first kappa shape index (κ1) is 11.9. The monoisotopic (exact) mass is 252 g/mol. The third-order valence-corrected chi connectivity index (χ3v) is 3.04. The van der Waals surface area contributed by atoms with Gasteiger partial charge in [-0.3, -0.25) is 4.79 Å². The lowest BCUT2D eigenvalue weighted by atomic mass is 10.2. The summed E-state index contributed by atoms with van der Waals surface area (Å²) in [6.07, 6.45) is 0.166. The normalized spacial score (nSPS) is 11.1. The highest BCUT2D eigenvalue weighted by atomic mass is 35.7. The maximum absolute atomic E-state index is 13.4. The number of rotatable bonds is 3. The van der Waals surface area contributed by atoms with Gasteiger partial charge in [0.25, 0.3) is 9.05 Å². The van der Waals surface area contributed by atoms with Crippen LogP contribution in [0.3, 0.4) is 0 Å².